The zero-order valence-electron chi connectivity index (χ0n) is 14.1. The lowest BCUT2D eigenvalue weighted by molar-refractivity contribution is -0.123. The summed E-state index contributed by atoms with van der Waals surface area (Å²) in [6, 6.07) is 7.61. The molecule has 0 fully saturated rings. The summed E-state index contributed by atoms with van der Waals surface area (Å²) < 4.78 is 5.51. The van der Waals surface area contributed by atoms with Crippen molar-refractivity contribution in [3.63, 3.8) is 0 Å². The van der Waals surface area contributed by atoms with Crippen molar-refractivity contribution in [1.29, 1.82) is 0 Å². The molecule has 0 saturated carbocycles. The second-order valence-corrected chi connectivity index (χ2v) is 6.02. The number of hydrazone groups is 1. The number of carbonyl (C=O) groups is 1. The topological polar surface area (TPSA) is 50.7 Å². The molecule has 0 bridgehead atoms. The Balaban J connectivity index is 1.90. The molecule has 4 nitrogen and oxygen atoms in total. The number of ether oxygens (including phenoxy) is 1. The molecule has 1 aliphatic rings. The molecular formula is C19H24N2O2. The highest BCUT2D eigenvalue weighted by molar-refractivity contribution is 6.01. The van der Waals surface area contributed by atoms with Crippen LogP contribution >= 0.6 is 0 Å². The minimum absolute atomic E-state index is 0.0473. The van der Waals surface area contributed by atoms with Crippen LogP contribution in [0, 0.1) is 12.8 Å². The monoisotopic (exact) mass is 312 g/mol. The molecule has 0 spiro atoms. The van der Waals surface area contributed by atoms with E-state index in [1.54, 1.807) is 0 Å². The third-order valence-corrected chi connectivity index (χ3v) is 4.07. The van der Waals surface area contributed by atoms with Gasteiger partial charge in [0.15, 0.2) is 6.61 Å². The molecule has 4 heteroatoms. The highest BCUT2D eigenvalue weighted by Gasteiger charge is 2.18. The first-order valence-electron chi connectivity index (χ1n) is 7.83. The van der Waals surface area contributed by atoms with Crippen molar-refractivity contribution in [2.24, 2.45) is 11.0 Å². The predicted molar refractivity (Wildman–Crippen MR) is 93.5 cm³/mol. The average Bonchev–Trinajstić information content (AvgIpc) is 2.53. The maximum absolute atomic E-state index is 11.9. The highest BCUT2D eigenvalue weighted by Crippen LogP contribution is 2.26. The fraction of sp³-hybridized carbons (Fsp3) is 0.368. The Morgan fingerprint density at radius 1 is 1.39 bits per heavy atom. The molecule has 23 heavy (non-hydrogen) atoms. The number of nitrogens with one attached hydrogen (secondary N) is 1. The smallest absolute Gasteiger partial charge is 0.277 e. The molecule has 0 aromatic heterocycles. The van der Waals surface area contributed by atoms with E-state index in [1.165, 1.54) is 0 Å². The summed E-state index contributed by atoms with van der Waals surface area (Å²) in [6.45, 7) is 9.96. The van der Waals surface area contributed by atoms with E-state index in [2.05, 4.69) is 23.2 Å². The summed E-state index contributed by atoms with van der Waals surface area (Å²) in [4.78, 5) is 11.9. The van der Waals surface area contributed by atoms with Crippen LogP contribution in [0.5, 0.6) is 5.75 Å². The van der Waals surface area contributed by atoms with Crippen LogP contribution in [0.2, 0.25) is 0 Å². The van der Waals surface area contributed by atoms with Crippen molar-refractivity contribution in [1.82, 2.24) is 5.43 Å². The van der Waals surface area contributed by atoms with E-state index >= 15 is 0 Å². The van der Waals surface area contributed by atoms with Gasteiger partial charge in [-0.05, 0) is 56.7 Å². The number of hydrogen-bond acceptors (Lipinski definition) is 3. The molecule has 2 rings (SSSR count). The Labute approximate surface area is 137 Å². The van der Waals surface area contributed by atoms with E-state index in [1.807, 2.05) is 45.0 Å². The van der Waals surface area contributed by atoms with Crippen molar-refractivity contribution in [2.45, 2.75) is 33.6 Å². The molecule has 1 aromatic carbocycles. The van der Waals surface area contributed by atoms with Crippen LogP contribution in [0.25, 0.3) is 0 Å². The number of benzene rings is 1. The van der Waals surface area contributed by atoms with Crippen LogP contribution in [-0.2, 0) is 4.79 Å². The lowest BCUT2D eigenvalue weighted by Gasteiger charge is -2.22. The van der Waals surface area contributed by atoms with Gasteiger partial charge in [0.1, 0.15) is 5.75 Å². The first kappa shape index (κ1) is 17.0. The van der Waals surface area contributed by atoms with Crippen molar-refractivity contribution in [3.8, 4) is 5.75 Å². The highest BCUT2D eigenvalue weighted by atomic mass is 16.5. The van der Waals surface area contributed by atoms with E-state index in [9.17, 15) is 4.79 Å². The molecule has 1 aromatic rings. The number of nitrogens with zero attached hydrogens (tertiary/aromatic N) is 1. The van der Waals surface area contributed by atoms with Gasteiger partial charge in [-0.1, -0.05) is 36.4 Å². The van der Waals surface area contributed by atoms with Crippen molar-refractivity contribution < 1.29 is 9.53 Å². The second-order valence-electron chi connectivity index (χ2n) is 6.02. The number of allylic oxidation sites excluding steroid dienone is 3. The molecule has 122 valence electrons. The quantitative estimate of drug-likeness (QED) is 0.664. The molecule has 0 radical (unpaired) electrons. The molecule has 1 amide bonds. The van der Waals surface area contributed by atoms with E-state index in [-0.39, 0.29) is 12.5 Å². The SMILES string of the molecule is C=C(C)[C@H]1CC=C(C)/C(=N\NC(=O)COc2ccccc2C)C1. The Bertz CT molecular complexity index is 659. The Hall–Kier alpha value is -2.36. The van der Waals surface area contributed by atoms with Crippen LogP contribution < -0.4 is 10.2 Å². The number of carbonyl (C=O) groups excluding carboxylic acids is 1. The molecule has 1 atom stereocenters. The summed E-state index contributed by atoms with van der Waals surface area (Å²) in [5.74, 6) is 0.856. The molecule has 0 aliphatic heterocycles. The van der Waals surface area contributed by atoms with Crippen LogP contribution in [0.1, 0.15) is 32.3 Å². The minimum atomic E-state index is -0.258. The van der Waals surface area contributed by atoms with Gasteiger partial charge < -0.3 is 4.74 Å². The van der Waals surface area contributed by atoms with Crippen molar-refractivity contribution in [3.05, 3.63) is 53.6 Å². The van der Waals surface area contributed by atoms with Crippen LogP contribution in [0.4, 0.5) is 0 Å². The Morgan fingerprint density at radius 3 is 2.83 bits per heavy atom. The standard InChI is InChI=1S/C19H24N2O2/c1-13(2)16-10-9-14(3)17(11-16)20-21-19(22)12-23-18-8-6-5-7-15(18)4/h5-9,16H,1,10-12H2,2-4H3,(H,21,22)/b20-17-/t16-/m0/s1. The molecule has 0 unspecified atom stereocenters. The van der Waals surface area contributed by atoms with Gasteiger partial charge in [-0.3, -0.25) is 4.79 Å². The third-order valence-electron chi connectivity index (χ3n) is 4.07. The second kappa shape index (κ2) is 7.77. The van der Waals surface area contributed by atoms with Crippen LogP contribution in [-0.4, -0.2) is 18.2 Å². The fourth-order valence-electron chi connectivity index (χ4n) is 2.45. The van der Waals surface area contributed by atoms with E-state index < -0.39 is 0 Å². The molecular weight excluding hydrogens is 288 g/mol. The molecule has 0 saturated heterocycles. The Kier molecular flexibility index (Phi) is 5.74. The summed E-state index contributed by atoms with van der Waals surface area (Å²) in [5.41, 5.74) is 6.76. The first-order chi connectivity index (χ1) is 11.0. The number of para-hydroxylation sites is 1. The maximum Gasteiger partial charge on any atom is 0.277 e. The molecule has 0 heterocycles. The minimum Gasteiger partial charge on any atom is -0.483 e. The number of hydrogen-bond donors (Lipinski definition) is 1. The first-order valence-corrected chi connectivity index (χ1v) is 7.83. The van der Waals surface area contributed by atoms with Crippen molar-refractivity contribution in [2.75, 3.05) is 6.61 Å². The summed E-state index contributed by atoms with van der Waals surface area (Å²) in [5, 5.41) is 4.26. The Morgan fingerprint density at radius 2 is 2.13 bits per heavy atom. The van der Waals surface area contributed by atoms with Gasteiger partial charge in [-0.15, -0.1) is 0 Å². The number of aryl methyl sites for hydroxylation is 1. The van der Waals surface area contributed by atoms with Gasteiger partial charge in [0.25, 0.3) is 5.91 Å². The normalized spacial score (nSPS) is 19.2. The van der Waals surface area contributed by atoms with E-state index in [0.29, 0.717) is 11.7 Å². The molecule has 1 aliphatic carbocycles. The van der Waals surface area contributed by atoms with E-state index in [0.717, 1.165) is 35.3 Å². The summed E-state index contributed by atoms with van der Waals surface area (Å²) >= 11 is 0. The molecule has 1 N–H and O–H groups in total. The van der Waals surface area contributed by atoms with Gasteiger partial charge in [-0.2, -0.15) is 5.10 Å². The lowest BCUT2D eigenvalue weighted by Crippen LogP contribution is -2.27. The average molecular weight is 312 g/mol. The van der Waals surface area contributed by atoms with E-state index in [4.69, 9.17) is 4.74 Å². The van der Waals surface area contributed by atoms with Gasteiger partial charge in [0.05, 0.1) is 5.71 Å². The zero-order valence-corrected chi connectivity index (χ0v) is 14.1. The number of rotatable bonds is 5. The van der Waals surface area contributed by atoms with Crippen molar-refractivity contribution >= 4 is 11.6 Å². The summed E-state index contributed by atoms with van der Waals surface area (Å²) in [7, 11) is 0. The van der Waals surface area contributed by atoms with Gasteiger partial charge in [0, 0.05) is 0 Å². The maximum atomic E-state index is 11.9. The fourth-order valence-corrected chi connectivity index (χ4v) is 2.45. The van der Waals surface area contributed by atoms with Crippen LogP contribution in [0.15, 0.2) is 53.2 Å². The van der Waals surface area contributed by atoms with Crippen LogP contribution in [0.3, 0.4) is 0 Å². The summed E-state index contributed by atoms with van der Waals surface area (Å²) in [6.07, 6.45) is 3.96. The van der Waals surface area contributed by atoms with Gasteiger partial charge in [0.2, 0.25) is 0 Å². The largest absolute Gasteiger partial charge is 0.483 e. The third kappa shape index (κ3) is 4.81. The number of amides is 1. The van der Waals surface area contributed by atoms with Gasteiger partial charge in [-0.25, -0.2) is 5.43 Å². The van der Waals surface area contributed by atoms with Gasteiger partial charge >= 0.3 is 0 Å². The zero-order chi connectivity index (χ0) is 16.8. The lowest BCUT2D eigenvalue weighted by atomic mass is 9.85. The predicted octanol–water partition coefficient (Wildman–Crippen LogP) is 3.78.